The molecule has 20 heavy (non-hydrogen) atoms. The van der Waals surface area contributed by atoms with Crippen molar-refractivity contribution in [1.29, 1.82) is 0 Å². The van der Waals surface area contributed by atoms with E-state index < -0.39 is 0 Å². The van der Waals surface area contributed by atoms with Crippen LogP contribution in [0.1, 0.15) is 47.4 Å². The van der Waals surface area contributed by atoms with E-state index in [1.807, 2.05) is 24.8 Å². The second-order valence-electron chi connectivity index (χ2n) is 5.72. The summed E-state index contributed by atoms with van der Waals surface area (Å²) in [5.41, 5.74) is 7.90. The number of aromatic amines is 1. The molecule has 0 saturated heterocycles. The predicted octanol–water partition coefficient (Wildman–Crippen LogP) is 1.54. The maximum absolute atomic E-state index is 12.4. The third kappa shape index (κ3) is 3.48. The molecule has 1 aliphatic carbocycles. The van der Waals surface area contributed by atoms with Crippen molar-refractivity contribution >= 4 is 11.7 Å². The van der Waals surface area contributed by atoms with Crippen LogP contribution in [0.15, 0.2) is 6.07 Å². The number of amides is 1. The Labute approximate surface area is 119 Å². The number of rotatable bonds is 6. The molecule has 1 heterocycles. The number of aryl methyl sites for hydroxylation is 2. The number of hydrogen-bond donors (Lipinski definition) is 2. The average molecular weight is 277 g/mol. The molecule has 0 spiro atoms. The number of aromatic nitrogens is 1. The zero-order valence-electron chi connectivity index (χ0n) is 12.2. The van der Waals surface area contributed by atoms with E-state index in [9.17, 15) is 9.59 Å². The van der Waals surface area contributed by atoms with Crippen molar-refractivity contribution in [2.75, 3.05) is 13.1 Å². The van der Waals surface area contributed by atoms with Crippen LogP contribution < -0.4 is 5.73 Å². The van der Waals surface area contributed by atoms with Crippen LogP contribution in [0.2, 0.25) is 0 Å². The summed E-state index contributed by atoms with van der Waals surface area (Å²) >= 11 is 0. The Balaban J connectivity index is 2.08. The quantitative estimate of drug-likeness (QED) is 0.774. The third-order valence-electron chi connectivity index (χ3n) is 4.00. The minimum Gasteiger partial charge on any atom is -0.369 e. The summed E-state index contributed by atoms with van der Waals surface area (Å²) in [7, 11) is 0. The summed E-state index contributed by atoms with van der Waals surface area (Å²) < 4.78 is 0. The fourth-order valence-electron chi connectivity index (χ4n) is 3.07. The van der Waals surface area contributed by atoms with Gasteiger partial charge in [-0.2, -0.15) is 0 Å². The van der Waals surface area contributed by atoms with Crippen molar-refractivity contribution < 1.29 is 9.59 Å². The van der Waals surface area contributed by atoms with E-state index in [4.69, 9.17) is 5.73 Å². The third-order valence-corrected chi connectivity index (χ3v) is 4.00. The van der Waals surface area contributed by atoms with Crippen LogP contribution >= 0.6 is 0 Å². The van der Waals surface area contributed by atoms with Gasteiger partial charge in [0.15, 0.2) is 5.78 Å². The molecular formula is C15H23N3O2. The van der Waals surface area contributed by atoms with Crippen LogP contribution in [-0.2, 0) is 4.79 Å². The maximum Gasteiger partial charge on any atom is 0.231 e. The number of H-pyrrole nitrogens is 1. The highest BCUT2D eigenvalue weighted by molar-refractivity contribution is 5.99. The first-order valence-electron chi connectivity index (χ1n) is 7.19. The van der Waals surface area contributed by atoms with E-state index in [0.29, 0.717) is 6.04 Å². The van der Waals surface area contributed by atoms with E-state index in [0.717, 1.165) is 42.6 Å². The second kappa shape index (κ2) is 6.22. The Hall–Kier alpha value is -1.62. The largest absolute Gasteiger partial charge is 0.369 e. The number of ketones is 1. The van der Waals surface area contributed by atoms with Gasteiger partial charge in [0.2, 0.25) is 5.91 Å². The maximum atomic E-state index is 12.4. The molecule has 1 aliphatic rings. The van der Waals surface area contributed by atoms with E-state index in [2.05, 4.69) is 4.98 Å². The zero-order valence-corrected chi connectivity index (χ0v) is 12.2. The molecule has 1 aromatic heterocycles. The average Bonchev–Trinajstić information content (AvgIpc) is 2.97. The Morgan fingerprint density at radius 1 is 1.30 bits per heavy atom. The highest BCUT2D eigenvalue weighted by Gasteiger charge is 2.26. The van der Waals surface area contributed by atoms with Gasteiger partial charge in [-0.25, -0.2) is 0 Å². The Morgan fingerprint density at radius 2 is 1.95 bits per heavy atom. The molecule has 3 N–H and O–H groups in total. The molecular weight excluding hydrogens is 254 g/mol. The topological polar surface area (TPSA) is 79.2 Å². The monoisotopic (exact) mass is 277 g/mol. The molecule has 0 atom stereocenters. The number of nitrogens with zero attached hydrogens (tertiary/aromatic N) is 1. The number of carbonyl (C=O) groups is 2. The van der Waals surface area contributed by atoms with Gasteiger partial charge in [-0.3, -0.25) is 14.5 Å². The number of nitrogens with two attached hydrogens (primary N) is 1. The normalized spacial score (nSPS) is 15.9. The van der Waals surface area contributed by atoms with Crippen LogP contribution in [0.5, 0.6) is 0 Å². The molecule has 1 amide bonds. The number of carbonyl (C=O) groups excluding carboxylic acids is 2. The van der Waals surface area contributed by atoms with Crippen molar-refractivity contribution in [2.45, 2.75) is 45.6 Å². The molecule has 5 nitrogen and oxygen atoms in total. The molecule has 0 aliphatic heterocycles. The molecule has 1 aromatic rings. The van der Waals surface area contributed by atoms with E-state index in [1.165, 1.54) is 0 Å². The van der Waals surface area contributed by atoms with Crippen LogP contribution in [0.3, 0.4) is 0 Å². The summed E-state index contributed by atoms with van der Waals surface area (Å²) in [5.74, 6) is -0.313. The van der Waals surface area contributed by atoms with Crippen LogP contribution in [0.25, 0.3) is 0 Å². The van der Waals surface area contributed by atoms with Crippen molar-refractivity contribution in [3.63, 3.8) is 0 Å². The molecule has 0 radical (unpaired) electrons. The SMILES string of the molecule is Cc1cc(C(=O)CN(CC(N)=O)C2CCCC2)c(C)[nH]1. The zero-order chi connectivity index (χ0) is 14.7. The lowest BCUT2D eigenvalue weighted by molar-refractivity contribution is -0.119. The first-order chi connectivity index (χ1) is 9.47. The molecule has 0 unspecified atom stereocenters. The number of Topliss-reactive ketones (excluding diaryl/α,β-unsaturated/α-hetero) is 1. The highest BCUT2D eigenvalue weighted by atomic mass is 16.1. The van der Waals surface area contributed by atoms with E-state index in [1.54, 1.807) is 0 Å². The summed E-state index contributed by atoms with van der Waals surface area (Å²) in [6.45, 7) is 4.26. The highest BCUT2D eigenvalue weighted by Crippen LogP contribution is 2.23. The van der Waals surface area contributed by atoms with Crippen LogP contribution in [-0.4, -0.2) is 40.7 Å². The molecule has 1 saturated carbocycles. The van der Waals surface area contributed by atoms with Crippen LogP contribution in [0.4, 0.5) is 0 Å². The van der Waals surface area contributed by atoms with Gasteiger partial charge in [0.1, 0.15) is 0 Å². The van der Waals surface area contributed by atoms with Crippen molar-refractivity contribution in [1.82, 2.24) is 9.88 Å². The van der Waals surface area contributed by atoms with E-state index in [-0.39, 0.29) is 24.8 Å². The predicted molar refractivity (Wildman–Crippen MR) is 77.6 cm³/mol. The molecule has 0 aromatic carbocycles. The van der Waals surface area contributed by atoms with Crippen molar-refractivity contribution in [3.8, 4) is 0 Å². The van der Waals surface area contributed by atoms with Gasteiger partial charge in [-0.1, -0.05) is 12.8 Å². The summed E-state index contributed by atoms with van der Waals surface area (Å²) in [5, 5.41) is 0. The molecule has 110 valence electrons. The van der Waals surface area contributed by atoms with Gasteiger partial charge >= 0.3 is 0 Å². The van der Waals surface area contributed by atoms with Crippen molar-refractivity contribution in [3.05, 3.63) is 23.0 Å². The first-order valence-corrected chi connectivity index (χ1v) is 7.19. The molecule has 5 heteroatoms. The summed E-state index contributed by atoms with van der Waals surface area (Å²) in [4.78, 5) is 28.7. The lowest BCUT2D eigenvalue weighted by Crippen LogP contribution is -2.43. The number of nitrogens with one attached hydrogen (secondary N) is 1. The molecule has 1 fully saturated rings. The second-order valence-corrected chi connectivity index (χ2v) is 5.72. The lowest BCUT2D eigenvalue weighted by Gasteiger charge is -2.26. The fraction of sp³-hybridized carbons (Fsp3) is 0.600. The molecule has 2 rings (SSSR count). The fourth-order valence-corrected chi connectivity index (χ4v) is 3.07. The number of hydrogen-bond acceptors (Lipinski definition) is 3. The minimum absolute atomic E-state index is 0.0556. The van der Waals surface area contributed by atoms with Gasteiger partial charge in [0.25, 0.3) is 0 Å². The Bertz CT molecular complexity index is 501. The van der Waals surface area contributed by atoms with Crippen LogP contribution in [0, 0.1) is 13.8 Å². The van der Waals surface area contributed by atoms with Crippen molar-refractivity contribution in [2.24, 2.45) is 5.73 Å². The lowest BCUT2D eigenvalue weighted by atomic mass is 10.1. The summed E-state index contributed by atoms with van der Waals surface area (Å²) in [6, 6.07) is 2.18. The van der Waals surface area contributed by atoms with E-state index >= 15 is 0 Å². The standard InChI is InChI=1S/C15H23N3O2/c1-10-7-13(11(2)17-10)14(19)8-18(9-15(16)20)12-5-3-4-6-12/h7,12,17H,3-6,8-9H2,1-2H3,(H2,16,20). The minimum atomic E-state index is -0.369. The van der Waals surface area contributed by atoms with Gasteiger partial charge < -0.3 is 10.7 Å². The smallest absolute Gasteiger partial charge is 0.231 e. The Kier molecular flexibility index (Phi) is 4.60. The number of primary amides is 1. The van der Waals surface area contributed by atoms with Gasteiger partial charge in [-0.15, -0.1) is 0 Å². The molecule has 0 bridgehead atoms. The first kappa shape index (κ1) is 14.8. The summed E-state index contributed by atoms with van der Waals surface area (Å²) in [6.07, 6.45) is 4.42. The Morgan fingerprint density at radius 3 is 2.45 bits per heavy atom. The van der Waals surface area contributed by atoms with Gasteiger partial charge in [0, 0.05) is 23.0 Å². The van der Waals surface area contributed by atoms with Gasteiger partial charge in [0.05, 0.1) is 13.1 Å². The van der Waals surface area contributed by atoms with Gasteiger partial charge in [-0.05, 0) is 32.8 Å².